The Balaban J connectivity index is 2.07. The molecule has 0 aromatic heterocycles. The summed E-state index contributed by atoms with van der Waals surface area (Å²) < 4.78 is 0. The Kier molecular flexibility index (Phi) is 2.45. The fraction of sp³-hybridized carbons (Fsp3) is 0.588. The highest BCUT2D eigenvalue weighted by atomic mass is 16.1. The molecule has 18 heavy (non-hydrogen) atoms. The number of fused-ring (bicyclic) bond motifs is 2. The SMILES string of the molecule is C=CCC1(C)C(=O)C=CC23CC[C@H](C[C@H]21)C(=C)C3. The Bertz CT molecular complexity index is 458. The van der Waals surface area contributed by atoms with Crippen LogP contribution >= 0.6 is 0 Å². The second-order valence-corrected chi connectivity index (χ2v) is 6.70. The van der Waals surface area contributed by atoms with Gasteiger partial charge in [-0.05, 0) is 55.4 Å². The van der Waals surface area contributed by atoms with E-state index in [0.29, 0.717) is 17.6 Å². The molecule has 1 heteroatoms. The van der Waals surface area contributed by atoms with Gasteiger partial charge in [0.2, 0.25) is 0 Å². The van der Waals surface area contributed by atoms with Crippen LogP contribution in [0.5, 0.6) is 0 Å². The van der Waals surface area contributed by atoms with E-state index in [2.05, 4.69) is 26.2 Å². The zero-order chi connectivity index (χ0) is 13.0. The largest absolute Gasteiger partial charge is 0.294 e. The molecule has 0 saturated heterocycles. The van der Waals surface area contributed by atoms with Crippen LogP contribution < -0.4 is 0 Å². The van der Waals surface area contributed by atoms with Gasteiger partial charge in [0.25, 0.3) is 0 Å². The molecule has 2 unspecified atom stereocenters. The molecule has 3 fully saturated rings. The lowest BCUT2D eigenvalue weighted by Gasteiger charge is -2.59. The zero-order valence-electron chi connectivity index (χ0n) is 11.2. The topological polar surface area (TPSA) is 17.1 Å². The minimum Gasteiger partial charge on any atom is -0.294 e. The van der Waals surface area contributed by atoms with E-state index in [-0.39, 0.29) is 10.8 Å². The fourth-order valence-corrected chi connectivity index (χ4v) is 4.70. The fourth-order valence-electron chi connectivity index (χ4n) is 4.70. The van der Waals surface area contributed by atoms with Gasteiger partial charge in [-0.1, -0.05) is 31.2 Å². The number of rotatable bonds is 2. The van der Waals surface area contributed by atoms with Crippen molar-refractivity contribution in [2.45, 2.75) is 39.0 Å². The molecule has 4 atom stereocenters. The van der Waals surface area contributed by atoms with Crippen molar-refractivity contribution in [2.24, 2.45) is 22.7 Å². The van der Waals surface area contributed by atoms with Gasteiger partial charge in [0.05, 0.1) is 0 Å². The number of hydrogen-bond acceptors (Lipinski definition) is 1. The lowest BCUT2D eigenvalue weighted by Crippen LogP contribution is -2.53. The minimum atomic E-state index is -0.226. The van der Waals surface area contributed by atoms with E-state index in [1.54, 1.807) is 0 Å². The van der Waals surface area contributed by atoms with Gasteiger partial charge >= 0.3 is 0 Å². The maximum Gasteiger partial charge on any atom is 0.161 e. The van der Waals surface area contributed by atoms with E-state index in [0.717, 1.165) is 19.3 Å². The van der Waals surface area contributed by atoms with Gasteiger partial charge in [-0.25, -0.2) is 0 Å². The molecule has 3 saturated carbocycles. The standard InChI is InChI=1S/C17H22O/c1-4-7-16(3)14-10-13-5-8-17(14,11-12(13)2)9-6-15(16)18/h4,6,9,13-14H,1-2,5,7-8,10-11H2,3H3/t13-,14+,16?,17?/m1/s1. The van der Waals surface area contributed by atoms with Gasteiger partial charge in [-0.3, -0.25) is 4.79 Å². The van der Waals surface area contributed by atoms with E-state index in [1.165, 1.54) is 18.4 Å². The minimum absolute atomic E-state index is 0.220. The van der Waals surface area contributed by atoms with Crippen molar-refractivity contribution in [3.8, 4) is 0 Å². The van der Waals surface area contributed by atoms with Crippen molar-refractivity contribution in [1.82, 2.24) is 0 Å². The third kappa shape index (κ3) is 1.36. The third-order valence-corrected chi connectivity index (χ3v) is 5.77. The summed E-state index contributed by atoms with van der Waals surface area (Å²) in [6.07, 6.45) is 11.5. The molecule has 0 aliphatic heterocycles. The van der Waals surface area contributed by atoms with Gasteiger partial charge in [0, 0.05) is 5.41 Å². The van der Waals surface area contributed by atoms with Crippen LogP contribution in [0.1, 0.15) is 39.0 Å². The number of hydrogen-bond donors (Lipinski definition) is 0. The molecule has 2 bridgehead atoms. The molecule has 0 aromatic carbocycles. The summed E-state index contributed by atoms with van der Waals surface area (Å²) >= 11 is 0. The Morgan fingerprint density at radius 2 is 2.33 bits per heavy atom. The predicted molar refractivity (Wildman–Crippen MR) is 74.1 cm³/mol. The number of ketones is 1. The third-order valence-electron chi connectivity index (χ3n) is 5.77. The quantitative estimate of drug-likeness (QED) is 0.667. The first kappa shape index (κ1) is 12.0. The molecule has 4 aliphatic rings. The summed E-state index contributed by atoms with van der Waals surface area (Å²) in [5, 5.41) is 0. The molecule has 96 valence electrons. The second-order valence-electron chi connectivity index (χ2n) is 6.70. The van der Waals surface area contributed by atoms with Crippen LogP contribution in [0, 0.1) is 22.7 Å². The second kappa shape index (κ2) is 3.69. The highest BCUT2D eigenvalue weighted by Gasteiger charge is 2.57. The van der Waals surface area contributed by atoms with Crippen LogP contribution in [0.15, 0.2) is 37.0 Å². The lowest BCUT2D eigenvalue weighted by atomic mass is 9.45. The maximum absolute atomic E-state index is 12.4. The van der Waals surface area contributed by atoms with Gasteiger partial charge in [-0.15, -0.1) is 6.58 Å². The van der Waals surface area contributed by atoms with Crippen LogP contribution in [-0.4, -0.2) is 5.78 Å². The average Bonchev–Trinajstić information content (AvgIpc) is 2.35. The molecule has 4 aliphatic carbocycles. The monoisotopic (exact) mass is 242 g/mol. The summed E-state index contributed by atoms with van der Waals surface area (Å²) in [7, 11) is 0. The van der Waals surface area contributed by atoms with Crippen molar-refractivity contribution in [1.29, 1.82) is 0 Å². The summed E-state index contributed by atoms with van der Waals surface area (Å²) in [5.41, 5.74) is 1.41. The first-order chi connectivity index (χ1) is 8.52. The first-order valence-corrected chi connectivity index (χ1v) is 7.04. The maximum atomic E-state index is 12.4. The van der Waals surface area contributed by atoms with Crippen LogP contribution in [0.4, 0.5) is 0 Å². The van der Waals surface area contributed by atoms with Crippen LogP contribution in [0.25, 0.3) is 0 Å². The summed E-state index contributed by atoms with van der Waals surface area (Å²) in [6.45, 7) is 10.3. The smallest absolute Gasteiger partial charge is 0.161 e. The van der Waals surface area contributed by atoms with Crippen molar-refractivity contribution >= 4 is 5.78 Å². The van der Waals surface area contributed by atoms with Gasteiger partial charge in [0.15, 0.2) is 5.78 Å². The molecule has 0 heterocycles. The Labute approximate surface area is 110 Å². The highest BCUT2D eigenvalue weighted by molar-refractivity contribution is 5.96. The highest BCUT2D eigenvalue weighted by Crippen LogP contribution is 2.63. The van der Waals surface area contributed by atoms with E-state index >= 15 is 0 Å². The number of carbonyl (C=O) groups is 1. The molecule has 0 N–H and O–H groups in total. The van der Waals surface area contributed by atoms with E-state index < -0.39 is 0 Å². The molecular weight excluding hydrogens is 220 g/mol. The summed E-state index contributed by atoms with van der Waals surface area (Å²) in [5.74, 6) is 1.45. The van der Waals surface area contributed by atoms with Crippen LogP contribution in [0.3, 0.4) is 0 Å². The Hall–Kier alpha value is -1.11. The molecule has 1 spiro atoms. The number of carbonyl (C=O) groups excluding carboxylic acids is 1. The van der Waals surface area contributed by atoms with E-state index in [1.807, 2.05) is 12.2 Å². The van der Waals surface area contributed by atoms with Gasteiger partial charge < -0.3 is 0 Å². The predicted octanol–water partition coefficient (Wildman–Crippen LogP) is 4.07. The van der Waals surface area contributed by atoms with Crippen molar-refractivity contribution in [2.75, 3.05) is 0 Å². The Morgan fingerprint density at radius 1 is 1.56 bits per heavy atom. The van der Waals surface area contributed by atoms with Crippen molar-refractivity contribution in [3.05, 3.63) is 37.0 Å². The van der Waals surface area contributed by atoms with Crippen molar-refractivity contribution < 1.29 is 4.79 Å². The van der Waals surface area contributed by atoms with Crippen molar-refractivity contribution in [3.63, 3.8) is 0 Å². The normalized spacial score (nSPS) is 46.1. The van der Waals surface area contributed by atoms with Crippen LogP contribution in [0.2, 0.25) is 0 Å². The van der Waals surface area contributed by atoms with E-state index in [4.69, 9.17) is 0 Å². The Morgan fingerprint density at radius 3 is 3.00 bits per heavy atom. The van der Waals surface area contributed by atoms with Crippen LogP contribution in [-0.2, 0) is 4.79 Å². The number of allylic oxidation sites excluding steroid dienone is 4. The van der Waals surface area contributed by atoms with Gasteiger partial charge in [-0.2, -0.15) is 0 Å². The molecule has 4 rings (SSSR count). The molecule has 0 radical (unpaired) electrons. The first-order valence-electron chi connectivity index (χ1n) is 7.04. The van der Waals surface area contributed by atoms with Gasteiger partial charge in [0.1, 0.15) is 0 Å². The molecular formula is C17H22O. The summed E-state index contributed by atoms with van der Waals surface area (Å²) in [6, 6.07) is 0. The molecule has 0 amide bonds. The average molecular weight is 242 g/mol. The van der Waals surface area contributed by atoms with E-state index in [9.17, 15) is 4.79 Å². The zero-order valence-corrected chi connectivity index (χ0v) is 11.2. The lowest BCUT2D eigenvalue weighted by molar-refractivity contribution is -0.134. The molecule has 1 nitrogen and oxygen atoms in total. The molecule has 0 aromatic rings. The summed E-state index contributed by atoms with van der Waals surface area (Å²) in [4.78, 5) is 12.4.